The lowest BCUT2D eigenvalue weighted by Gasteiger charge is -2.07. The SMILES string of the molecule is N#CC(C#N)=CNc1ccc(NC(=O)c2ccccc2O)cc1. The Morgan fingerprint density at radius 1 is 1.00 bits per heavy atom. The van der Waals surface area contributed by atoms with Crippen LogP contribution in [0.5, 0.6) is 5.75 Å². The van der Waals surface area contributed by atoms with Gasteiger partial charge in [0, 0.05) is 17.6 Å². The van der Waals surface area contributed by atoms with Crippen molar-refractivity contribution in [1.82, 2.24) is 0 Å². The van der Waals surface area contributed by atoms with Crippen LogP contribution >= 0.6 is 0 Å². The lowest BCUT2D eigenvalue weighted by atomic mass is 10.2. The van der Waals surface area contributed by atoms with Gasteiger partial charge in [-0.3, -0.25) is 4.79 Å². The summed E-state index contributed by atoms with van der Waals surface area (Å²) in [7, 11) is 0. The fourth-order valence-corrected chi connectivity index (χ4v) is 1.76. The molecule has 0 fully saturated rings. The van der Waals surface area contributed by atoms with Gasteiger partial charge in [0.05, 0.1) is 5.56 Å². The van der Waals surface area contributed by atoms with Crippen molar-refractivity contribution in [1.29, 1.82) is 10.5 Å². The van der Waals surface area contributed by atoms with E-state index >= 15 is 0 Å². The summed E-state index contributed by atoms with van der Waals surface area (Å²) >= 11 is 0. The molecule has 0 unspecified atom stereocenters. The molecular formula is C17H12N4O2. The average Bonchev–Trinajstić information content (AvgIpc) is 2.57. The molecule has 23 heavy (non-hydrogen) atoms. The minimum absolute atomic E-state index is 0.0399. The van der Waals surface area contributed by atoms with E-state index in [1.54, 1.807) is 48.5 Å². The van der Waals surface area contributed by atoms with Gasteiger partial charge < -0.3 is 15.7 Å². The predicted molar refractivity (Wildman–Crippen MR) is 85.4 cm³/mol. The maximum Gasteiger partial charge on any atom is 0.259 e. The highest BCUT2D eigenvalue weighted by molar-refractivity contribution is 6.06. The maximum atomic E-state index is 12.0. The van der Waals surface area contributed by atoms with Gasteiger partial charge >= 0.3 is 0 Å². The first-order chi connectivity index (χ1) is 11.1. The summed E-state index contributed by atoms with van der Waals surface area (Å²) < 4.78 is 0. The second-order valence-electron chi connectivity index (χ2n) is 4.47. The molecule has 0 saturated heterocycles. The summed E-state index contributed by atoms with van der Waals surface area (Å²) in [6, 6.07) is 16.4. The Morgan fingerprint density at radius 2 is 1.61 bits per heavy atom. The number of hydrogen-bond donors (Lipinski definition) is 3. The summed E-state index contributed by atoms with van der Waals surface area (Å²) in [5.74, 6) is -0.506. The maximum absolute atomic E-state index is 12.0. The van der Waals surface area contributed by atoms with Crippen LogP contribution in [-0.2, 0) is 0 Å². The van der Waals surface area contributed by atoms with Crippen LogP contribution in [0.2, 0.25) is 0 Å². The van der Waals surface area contributed by atoms with Crippen LogP contribution in [-0.4, -0.2) is 11.0 Å². The molecule has 0 aliphatic heterocycles. The molecule has 0 bridgehead atoms. The fourth-order valence-electron chi connectivity index (χ4n) is 1.76. The number of nitrogens with zero attached hydrogens (tertiary/aromatic N) is 2. The normalized spacial score (nSPS) is 9.13. The lowest BCUT2D eigenvalue weighted by molar-refractivity contribution is 0.102. The number of carbonyl (C=O) groups excluding carboxylic acids is 1. The monoisotopic (exact) mass is 304 g/mol. The van der Waals surface area contributed by atoms with Gasteiger partial charge in [0.25, 0.3) is 5.91 Å². The first-order valence-electron chi connectivity index (χ1n) is 6.60. The number of nitriles is 2. The van der Waals surface area contributed by atoms with E-state index in [9.17, 15) is 9.90 Å². The number of para-hydroxylation sites is 1. The highest BCUT2D eigenvalue weighted by atomic mass is 16.3. The predicted octanol–water partition coefficient (Wildman–Crippen LogP) is 2.99. The number of phenols is 1. The summed E-state index contributed by atoms with van der Waals surface area (Å²) in [6.45, 7) is 0. The molecule has 6 heteroatoms. The van der Waals surface area contributed by atoms with Gasteiger partial charge in [-0.2, -0.15) is 10.5 Å². The van der Waals surface area contributed by atoms with Gasteiger partial charge in [-0.1, -0.05) is 12.1 Å². The van der Waals surface area contributed by atoms with Gasteiger partial charge in [0.1, 0.15) is 23.5 Å². The molecule has 1 amide bonds. The zero-order valence-electron chi connectivity index (χ0n) is 11.9. The number of allylic oxidation sites excluding steroid dienone is 1. The number of carbonyl (C=O) groups is 1. The van der Waals surface area contributed by atoms with Crippen LogP contribution in [0.1, 0.15) is 10.4 Å². The van der Waals surface area contributed by atoms with Gasteiger partial charge in [-0.05, 0) is 36.4 Å². The molecule has 0 spiro atoms. The van der Waals surface area contributed by atoms with E-state index in [1.165, 1.54) is 18.3 Å². The first-order valence-corrected chi connectivity index (χ1v) is 6.60. The first kappa shape index (κ1) is 15.6. The van der Waals surface area contributed by atoms with Gasteiger partial charge in [0.2, 0.25) is 0 Å². The number of nitrogens with one attached hydrogen (secondary N) is 2. The molecule has 0 aliphatic carbocycles. The van der Waals surface area contributed by atoms with Crippen molar-refractivity contribution in [3.8, 4) is 17.9 Å². The molecule has 0 aliphatic rings. The molecule has 0 aromatic heterocycles. The van der Waals surface area contributed by atoms with E-state index in [0.29, 0.717) is 11.4 Å². The molecule has 0 saturated carbocycles. The van der Waals surface area contributed by atoms with Crippen molar-refractivity contribution in [2.24, 2.45) is 0 Å². The molecule has 3 N–H and O–H groups in total. The van der Waals surface area contributed by atoms with E-state index < -0.39 is 5.91 Å². The molecule has 0 heterocycles. The summed E-state index contributed by atoms with van der Waals surface area (Å²) in [5, 5.41) is 32.4. The van der Waals surface area contributed by atoms with Gasteiger partial charge in [-0.25, -0.2) is 0 Å². The molecular weight excluding hydrogens is 292 g/mol. The van der Waals surface area contributed by atoms with E-state index in [1.807, 2.05) is 0 Å². The lowest BCUT2D eigenvalue weighted by Crippen LogP contribution is -2.11. The Hall–Kier alpha value is -3.77. The number of hydrogen-bond acceptors (Lipinski definition) is 5. The molecule has 0 radical (unpaired) electrons. The fraction of sp³-hybridized carbons (Fsp3) is 0. The third-order valence-corrected chi connectivity index (χ3v) is 2.92. The quantitative estimate of drug-likeness (QED) is 0.752. The Bertz CT molecular complexity index is 811. The van der Waals surface area contributed by atoms with Crippen molar-refractivity contribution < 1.29 is 9.90 Å². The van der Waals surface area contributed by atoms with Crippen LogP contribution < -0.4 is 10.6 Å². The summed E-state index contributed by atoms with van der Waals surface area (Å²) in [6.07, 6.45) is 1.30. The highest BCUT2D eigenvalue weighted by Gasteiger charge is 2.10. The molecule has 112 valence electrons. The number of amides is 1. The van der Waals surface area contributed by atoms with E-state index in [4.69, 9.17) is 10.5 Å². The van der Waals surface area contributed by atoms with Crippen LogP contribution in [0.15, 0.2) is 60.3 Å². The number of benzene rings is 2. The minimum Gasteiger partial charge on any atom is -0.507 e. The van der Waals surface area contributed by atoms with Gasteiger partial charge in [0.15, 0.2) is 0 Å². The van der Waals surface area contributed by atoms with Crippen molar-refractivity contribution in [3.05, 3.63) is 65.9 Å². The van der Waals surface area contributed by atoms with Crippen LogP contribution in [0.3, 0.4) is 0 Å². The van der Waals surface area contributed by atoms with Crippen molar-refractivity contribution >= 4 is 17.3 Å². The van der Waals surface area contributed by atoms with Crippen molar-refractivity contribution in [2.75, 3.05) is 10.6 Å². The average molecular weight is 304 g/mol. The Labute approximate surface area is 132 Å². The Balaban J connectivity index is 2.05. The second-order valence-corrected chi connectivity index (χ2v) is 4.47. The third kappa shape index (κ3) is 4.10. The zero-order valence-corrected chi connectivity index (χ0v) is 11.9. The van der Waals surface area contributed by atoms with Gasteiger partial charge in [-0.15, -0.1) is 0 Å². The number of aromatic hydroxyl groups is 1. The topological polar surface area (TPSA) is 109 Å². The Morgan fingerprint density at radius 3 is 2.22 bits per heavy atom. The van der Waals surface area contributed by atoms with E-state index in [-0.39, 0.29) is 16.9 Å². The van der Waals surface area contributed by atoms with Crippen molar-refractivity contribution in [3.63, 3.8) is 0 Å². The summed E-state index contributed by atoms with van der Waals surface area (Å²) in [5.41, 5.74) is 1.36. The largest absolute Gasteiger partial charge is 0.507 e. The van der Waals surface area contributed by atoms with Crippen molar-refractivity contribution in [2.45, 2.75) is 0 Å². The van der Waals surface area contributed by atoms with Crippen LogP contribution in [0.4, 0.5) is 11.4 Å². The van der Waals surface area contributed by atoms with Crippen LogP contribution in [0.25, 0.3) is 0 Å². The highest BCUT2D eigenvalue weighted by Crippen LogP contribution is 2.19. The van der Waals surface area contributed by atoms with Crippen LogP contribution in [0, 0.1) is 22.7 Å². The number of rotatable bonds is 4. The smallest absolute Gasteiger partial charge is 0.259 e. The summed E-state index contributed by atoms with van der Waals surface area (Å²) in [4.78, 5) is 12.0. The molecule has 2 rings (SSSR count). The van der Waals surface area contributed by atoms with E-state index in [0.717, 1.165) is 0 Å². The zero-order chi connectivity index (χ0) is 16.7. The molecule has 6 nitrogen and oxygen atoms in total. The Kier molecular flexibility index (Phi) is 4.96. The minimum atomic E-state index is -0.417. The standard InChI is InChI=1S/C17H12N4O2/c18-9-12(10-19)11-20-13-5-7-14(8-6-13)21-17(23)15-3-1-2-4-16(15)22/h1-8,11,20,22H,(H,21,23). The third-order valence-electron chi connectivity index (χ3n) is 2.92. The number of phenolic OH excluding ortho intramolecular Hbond substituents is 1. The molecule has 2 aromatic rings. The second kappa shape index (κ2) is 7.30. The number of anilines is 2. The molecule has 2 aromatic carbocycles. The van der Waals surface area contributed by atoms with E-state index in [2.05, 4.69) is 10.6 Å². The molecule has 0 atom stereocenters.